The summed E-state index contributed by atoms with van der Waals surface area (Å²) in [5, 5.41) is 0. The predicted octanol–water partition coefficient (Wildman–Crippen LogP) is 4.12. The lowest BCUT2D eigenvalue weighted by atomic mass is 10.1. The number of methoxy groups -OCH3 is 1. The Balaban J connectivity index is 1.53. The first-order valence-corrected chi connectivity index (χ1v) is 9.53. The molecule has 0 radical (unpaired) electrons. The molecule has 1 atom stereocenters. The zero-order valence-corrected chi connectivity index (χ0v) is 16.7. The first kappa shape index (κ1) is 18.5. The Labute approximate surface area is 164 Å². The van der Waals surface area contributed by atoms with Crippen LogP contribution < -0.4 is 0 Å². The highest BCUT2D eigenvalue weighted by Crippen LogP contribution is 2.30. The largest absolute Gasteiger partial charge is 0.465 e. The molecule has 0 aliphatic carbocycles. The molecule has 0 bridgehead atoms. The molecule has 3 aromatic rings. The minimum atomic E-state index is -0.352. The van der Waals surface area contributed by atoms with E-state index in [1.165, 1.54) is 18.5 Å². The van der Waals surface area contributed by atoms with Gasteiger partial charge in [0.2, 0.25) is 5.89 Å². The zero-order chi connectivity index (χ0) is 19.8. The average Bonchev–Trinajstić information content (AvgIpc) is 3.27. The third-order valence-corrected chi connectivity index (χ3v) is 5.62. The molecular formula is C22H25N3O3. The first-order valence-electron chi connectivity index (χ1n) is 9.53. The number of esters is 1. The number of fused-ring (bicyclic) bond motifs is 1. The van der Waals surface area contributed by atoms with Gasteiger partial charge >= 0.3 is 5.97 Å². The lowest BCUT2D eigenvalue weighted by molar-refractivity contribution is 0.0600. The molecule has 6 nitrogen and oxygen atoms in total. The smallest absolute Gasteiger partial charge is 0.337 e. The standard InChI is InChI=1S/C22H25N3O3/c1-14-5-10-20-15(2)24(11-12-25(14)20)13-19-16(3)28-21(23-19)17-6-8-18(9-7-17)22(26)27-4/h5-10,15H,11-13H2,1-4H3/t15-/m1/s1. The van der Waals surface area contributed by atoms with Crippen molar-refractivity contribution in [3.8, 4) is 11.5 Å². The lowest BCUT2D eigenvalue weighted by Crippen LogP contribution is -2.36. The average molecular weight is 379 g/mol. The summed E-state index contributed by atoms with van der Waals surface area (Å²) in [6, 6.07) is 11.9. The van der Waals surface area contributed by atoms with Crippen molar-refractivity contribution in [2.45, 2.75) is 39.9 Å². The van der Waals surface area contributed by atoms with Crippen LogP contribution in [0.25, 0.3) is 11.5 Å². The molecule has 0 spiro atoms. The highest BCUT2D eigenvalue weighted by Gasteiger charge is 2.26. The van der Waals surface area contributed by atoms with Gasteiger partial charge in [0.05, 0.1) is 18.4 Å². The van der Waals surface area contributed by atoms with Crippen LogP contribution in [-0.2, 0) is 17.8 Å². The lowest BCUT2D eigenvalue weighted by Gasteiger charge is -2.35. The number of aryl methyl sites for hydroxylation is 2. The van der Waals surface area contributed by atoms with Crippen molar-refractivity contribution in [2.24, 2.45) is 0 Å². The van der Waals surface area contributed by atoms with E-state index in [0.29, 0.717) is 17.5 Å². The molecule has 2 aromatic heterocycles. The van der Waals surface area contributed by atoms with E-state index < -0.39 is 0 Å². The van der Waals surface area contributed by atoms with Crippen LogP contribution in [0, 0.1) is 13.8 Å². The van der Waals surface area contributed by atoms with E-state index in [9.17, 15) is 4.79 Å². The molecule has 0 saturated heterocycles. The topological polar surface area (TPSA) is 60.5 Å². The van der Waals surface area contributed by atoms with E-state index in [-0.39, 0.29) is 5.97 Å². The van der Waals surface area contributed by atoms with Gasteiger partial charge in [0.25, 0.3) is 0 Å². The van der Waals surface area contributed by atoms with E-state index in [0.717, 1.165) is 36.7 Å². The molecule has 6 heteroatoms. The number of rotatable bonds is 4. The van der Waals surface area contributed by atoms with Gasteiger partial charge in [-0.2, -0.15) is 0 Å². The van der Waals surface area contributed by atoms with Gasteiger partial charge in [0, 0.05) is 42.6 Å². The fraction of sp³-hybridized carbons (Fsp3) is 0.364. The monoisotopic (exact) mass is 379 g/mol. The van der Waals surface area contributed by atoms with Crippen LogP contribution in [0.3, 0.4) is 0 Å². The van der Waals surface area contributed by atoms with Crippen LogP contribution in [0.2, 0.25) is 0 Å². The maximum absolute atomic E-state index is 11.6. The summed E-state index contributed by atoms with van der Waals surface area (Å²) in [5.74, 6) is 1.05. The normalized spacial score (nSPS) is 16.8. The molecule has 0 unspecified atom stereocenters. The summed E-state index contributed by atoms with van der Waals surface area (Å²) in [6.07, 6.45) is 0. The number of aromatic nitrogens is 2. The van der Waals surface area contributed by atoms with Gasteiger partial charge in [-0.3, -0.25) is 4.90 Å². The molecular weight excluding hydrogens is 354 g/mol. The SMILES string of the molecule is COC(=O)c1ccc(-c2nc(CN3CCn4c(C)ccc4[C@H]3C)c(C)o2)cc1. The number of carbonyl (C=O) groups excluding carboxylic acids is 1. The molecule has 0 N–H and O–H groups in total. The molecule has 1 aromatic carbocycles. The van der Waals surface area contributed by atoms with E-state index in [1.54, 1.807) is 12.1 Å². The minimum Gasteiger partial charge on any atom is -0.465 e. The van der Waals surface area contributed by atoms with Crippen LogP contribution in [-0.4, -0.2) is 34.1 Å². The van der Waals surface area contributed by atoms with E-state index in [2.05, 4.69) is 35.4 Å². The van der Waals surface area contributed by atoms with Crippen LogP contribution in [0.1, 0.15) is 46.2 Å². The molecule has 28 heavy (non-hydrogen) atoms. The predicted molar refractivity (Wildman–Crippen MR) is 106 cm³/mol. The van der Waals surface area contributed by atoms with Crippen LogP contribution in [0.4, 0.5) is 0 Å². The number of hydrogen-bond donors (Lipinski definition) is 0. The summed E-state index contributed by atoms with van der Waals surface area (Å²) < 4.78 is 13.1. The maximum atomic E-state index is 11.6. The molecule has 0 amide bonds. The van der Waals surface area contributed by atoms with Crippen molar-refractivity contribution in [2.75, 3.05) is 13.7 Å². The highest BCUT2D eigenvalue weighted by atomic mass is 16.5. The summed E-state index contributed by atoms with van der Waals surface area (Å²) in [5.41, 5.74) is 4.98. The van der Waals surface area contributed by atoms with Gasteiger partial charge in [0.1, 0.15) is 5.76 Å². The van der Waals surface area contributed by atoms with E-state index >= 15 is 0 Å². The van der Waals surface area contributed by atoms with Crippen molar-refractivity contribution in [3.63, 3.8) is 0 Å². The van der Waals surface area contributed by atoms with Gasteiger partial charge in [-0.05, 0) is 57.2 Å². The van der Waals surface area contributed by atoms with Crippen LogP contribution in [0.15, 0.2) is 40.8 Å². The zero-order valence-electron chi connectivity index (χ0n) is 16.7. The summed E-state index contributed by atoms with van der Waals surface area (Å²) in [6.45, 7) is 9.09. The fourth-order valence-corrected chi connectivity index (χ4v) is 3.84. The number of ether oxygens (including phenoxy) is 1. The second-order valence-electron chi connectivity index (χ2n) is 7.29. The number of hydrogen-bond acceptors (Lipinski definition) is 5. The Bertz CT molecular complexity index is 1000. The molecule has 0 fully saturated rings. The van der Waals surface area contributed by atoms with Crippen LogP contribution >= 0.6 is 0 Å². The fourth-order valence-electron chi connectivity index (χ4n) is 3.84. The number of carbonyl (C=O) groups is 1. The van der Waals surface area contributed by atoms with Crippen LogP contribution in [0.5, 0.6) is 0 Å². The van der Waals surface area contributed by atoms with Gasteiger partial charge in [-0.15, -0.1) is 0 Å². The molecule has 4 rings (SSSR count). The van der Waals surface area contributed by atoms with E-state index in [4.69, 9.17) is 14.1 Å². The third kappa shape index (κ3) is 3.24. The van der Waals surface area contributed by atoms with Crippen molar-refractivity contribution in [3.05, 3.63) is 64.8 Å². The summed E-state index contributed by atoms with van der Waals surface area (Å²) in [4.78, 5) is 18.8. The highest BCUT2D eigenvalue weighted by molar-refractivity contribution is 5.89. The van der Waals surface area contributed by atoms with Crippen molar-refractivity contribution in [1.82, 2.24) is 14.5 Å². The van der Waals surface area contributed by atoms with Gasteiger partial charge < -0.3 is 13.7 Å². The Hall–Kier alpha value is -2.86. The molecule has 146 valence electrons. The minimum absolute atomic E-state index is 0.335. The molecule has 0 saturated carbocycles. The van der Waals surface area contributed by atoms with Crippen molar-refractivity contribution >= 4 is 5.97 Å². The third-order valence-electron chi connectivity index (χ3n) is 5.62. The summed E-state index contributed by atoms with van der Waals surface area (Å²) in [7, 11) is 1.37. The molecule has 1 aliphatic rings. The second kappa shape index (κ2) is 7.28. The molecule has 3 heterocycles. The Morgan fingerprint density at radius 2 is 1.93 bits per heavy atom. The molecule has 1 aliphatic heterocycles. The van der Waals surface area contributed by atoms with Crippen molar-refractivity contribution in [1.29, 1.82) is 0 Å². The number of benzene rings is 1. The van der Waals surface area contributed by atoms with Crippen molar-refractivity contribution < 1.29 is 13.9 Å². The quantitative estimate of drug-likeness (QED) is 0.638. The Morgan fingerprint density at radius 3 is 2.64 bits per heavy atom. The van der Waals surface area contributed by atoms with E-state index in [1.807, 2.05) is 19.1 Å². The Morgan fingerprint density at radius 1 is 1.18 bits per heavy atom. The van der Waals surface area contributed by atoms with Gasteiger partial charge in [-0.25, -0.2) is 9.78 Å². The first-order chi connectivity index (χ1) is 13.5. The number of nitrogens with zero attached hydrogens (tertiary/aromatic N) is 3. The Kier molecular flexibility index (Phi) is 4.81. The summed E-state index contributed by atoms with van der Waals surface area (Å²) >= 11 is 0. The second-order valence-corrected chi connectivity index (χ2v) is 7.29. The van der Waals surface area contributed by atoms with Gasteiger partial charge in [0.15, 0.2) is 0 Å². The van der Waals surface area contributed by atoms with Gasteiger partial charge in [-0.1, -0.05) is 0 Å². The maximum Gasteiger partial charge on any atom is 0.337 e. The number of oxazole rings is 1.